The number of unbranched alkanes of at least 4 members (excludes halogenated alkanes) is 1. The zero-order valence-corrected chi connectivity index (χ0v) is 45.4. The maximum Gasteiger partial charge on any atom is 0.230 e. The van der Waals surface area contributed by atoms with Gasteiger partial charge in [0.15, 0.2) is 0 Å². The fraction of sp³-hybridized carbons (Fsp3) is 0.446. The Kier molecular flexibility index (Phi) is 38.5. The van der Waals surface area contributed by atoms with Crippen LogP contribution in [-0.2, 0) is 18.0 Å². The van der Waals surface area contributed by atoms with E-state index < -0.39 is 0 Å². The lowest BCUT2D eigenvalue weighted by molar-refractivity contribution is 0.120. The van der Waals surface area contributed by atoms with Gasteiger partial charge >= 0.3 is 0 Å². The zero-order chi connectivity index (χ0) is 52.3. The first-order valence-electron chi connectivity index (χ1n) is 25.7. The molecule has 0 aliphatic heterocycles. The number of hydrogen-bond acceptors (Lipinski definition) is 7. The number of aromatic hydroxyl groups is 3. The van der Waals surface area contributed by atoms with E-state index in [-0.39, 0.29) is 27.4 Å². The van der Waals surface area contributed by atoms with Gasteiger partial charge < -0.3 is 34.3 Å². The van der Waals surface area contributed by atoms with E-state index in [4.69, 9.17) is 29.2 Å². The summed E-state index contributed by atoms with van der Waals surface area (Å²) in [5.41, 5.74) is 7.91. The Labute approximate surface area is 439 Å². The monoisotopic (exact) mass is 991 g/mol. The average molecular weight is 991 g/mol. The molecule has 6 aromatic carbocycles. The molecule has 0 aliphatic carbocycles. The molecule has 0 saturated carbocycles. The van der Waals surface area contributed by atoms with Crippen LogP contribution in [0.1, 0.15) is 199 Å². The van der Waals surface area contributed by atoms with E-state index in [2.05, 4.69) is 93.5 Å². The van der Waals surface area contributed by atoms with E-state index in [1.54, 1.807) is 31.4 Å². The lowest BCUT2D eigenvalue weighted by Gasteiger charge is -2.13. The maximum atomic E-state index is 10.3. The van der Waals surface area contributed by atoms with Crippen molar-refractivity contribution in [1.82, 2.24) is 0 Å². The summed E-state index contributed by atoms with van der Waals surface area (Å²) >= 11 is 0. The highest BCUT2D eigenvalue weighted by atomic mass is 16.7. The number of benzene rings is 6. The van der Waals surface area contributed by atoms with Crippen molar-refractivity contribution in [1.29, 1.82) is 0 Å². The van der Waals surface area contributed by atoms with Crippen molar-refractivity contribution in [2.24, 2.45) is 0 Å². The van der Waals surface area contributed by atoms with E-state index in [0.29, 0.717) is 48.4 Å². The highest BCUT2D eigenvalue weighted by Gasteiger charge is 2.11. The lowest BCUT2D eigenvalue weighted by atomic mass is 9.99. The number of ether oxygens (including phenoxy) is 4. The quantitative estimate of drug-likeness (QED) is 0.0738. The summed E-state index contributed by atoms with van der Waals surface area (Å²) < 4.78 is 22.0. The van der Waals surface area contributed by atoms with Crippen LogP contribution < -0.4 is 14.2 Å². The van der Waals surface area contributed by atoms with Crippen molar-refractivity contribution in [3.8, 4) is 34.5 Å². The SMILES string of the molecule is C.C.CC.CCC(C)c1ccc(O)cc1.CCC(C)c1ccc(O)cc1.CCC(C)c1ccc(OCOc2ccccc2)cc1.CCC(C)c1ccc(OCc2cc(C)cc(COC)c2O)cc1.CCCC. The first-order chi connectivity index (χ1) is 33.7. The minimum Gasteiger partial charge on any atom is -0.508 e. The molecular formula is C65H98O7. The van der Waals surface area contributed by atoms with E-state index in [1.807, 2.05) is 112 Å². The van der Waals surface area contributed by atoms with Gasteiger partial charge in [0.1, 0.15) is 41.1 Å². The Morgan fingerprint density at radius 1 is 0.417 bits per heavy atom. The molecule has 0 aliphatic rings. The first kappa shape index (κ1) is 68.2. The van der Waals surface area contributed by atoms with Gasteiger partial charge in [-0.2, -0.15) is 0 Å². The minimum atomic E-state index is 0. The van der Waals surface area contributed by atoms with Crippen molar-refractivity contribution in [2.45, 2.75) is 180 Å². The van der Waals surface area contributed by atoms with Gasteiger partial charge in [-0.15, -0.1) is 0 Å². The molecule has 0 aromatic heterocycles. The van der Waals surface area contributed by atoms with Crippen LogP contribution >= 0.6 is 0 Å². The van der Waals surface area contributed by atoms with Gasteiger partial charge in [-0.3, -0.25) is 0 Å². The molecular weight excluding hydrogens is 893 g/mol. The van der Waals surface area contributed by atoms with Crippen molar-refractivity contribution in [2.75, 3.05) is 13.9 Å². The highest BCUT2D eigenvalue weighted by Crippen LogP contribution is 2.28. The molecule has 7 heteroatoms. The normalized spacial score (nSPS) is 11.5. The number of rotatable bonds is 18. The second-order valence-corrected chi connectivity index (χ2v) is 17.4. The summed E-state index contributed by atoms with van der Waals surface area (Å²) in [6.45, 7) is 28.9. The molecule has 72 heavy (non-hydrogen) atoms. The van der Waals surface area contributed by atoms with Crippen molar-refractivity contribution in [3.63, 3.8) is 0 Å². The van der Waals surface area contributed by atoms with Crippen molar-refractivity contribution in [3.05, 3.63) is 178 Å². The molecule has 4 atom stereocenters. The standard InChI is InChI=1S/C20H26O3.C17H20O2.2C10H14O.C4H10.C2H6.2CH4/c1-5-15(3)16-6-8-19(9-7-16)23-13-18-11-14(2)10-17(12-22-4)20(18)21;1-3-14(2)15-9-11-17(12-10-15)19-13-18-16-7-5-4-6-8-16;2*1-3-8(2)9-4-6-10(11)7-5-9;1-3-4-2;1-2;;/h6-11,15,21H,5,12-13H2,1-4H3;4-12,14H,3,13H2,1-2H3;2*4-8,11H,3H2,1-2H3;3-4H2,1-2H3;1-2H3;2*1H4. The second-order valence-electron chi connectivity index (χ2n) is 17.4. The average Bonchev–Trinajstić information content (AvgIpc) is 3.40. The van der Waals surface area contributed by atoms with Crippen LogP contribution in [0, 0.1) is 6.92 Å². The molecule has 0 saturated heterocycles. The fourth-order valence-corrected chi connectivity index (χ4v) is 6.49. The minimum absolute atomic E-state index is 0. The Bertz CT molecular complexity index is 2110. The third-order valence-electron chi connectivity index (χ3n) is 12.1. The number of hydrogen-bond donors (Lipinski definition) is 3. The number of phenolic OH excluding ortho intramolecular Hbond substituents is 3. The van der Waals surface area contributed by atoms with Gasteiger partial charge in [0.25, 0.3) is 0 Å². The highest BCUT2D eigenvalue weighted by molar-refractivity contribution is 5.43. The number of aryl methyl sites for hydroxylation is 1. The van der Waals surface area contributed by atoms with Crippen LogP contribution in [0.15, 0.2) is 140 Å². The number of methoxy groups -OCH3 is 1. The summed E-state index contributed by atoms with van der Waals surface area (Å²) in [6.07, 6.45) is 7.20. The molecule has 0 fully saturated rings. The van der Waals surface area contributed by atoms with Crippen LogP contribution in [0.25, 0.3) is 0 Å². The molecule has 4 unspecified atom stereocenters. The Morgan fingerprint density at radius 2 is 0.722 bits per heavy atom. The van der Waals surface area contributed by atoms with Crippen LogP contribution in [0.4, 0.5) is 0 Å². The van der Waals surface area contributed by atoms with Crippen LogP contribution in [0.3, 0.4) is 0 Å². The third kappa shape index (κ3) is 27.1. The lowest BCUT2D eigenvalue weighted by Crippen LogP contribution is -2.05. The summed E-state index contributed by atoms with van der Waals surface area (Å²) in [4.78, 5) is 0. The zero-order valence-electron chi connectivity index (χ0n) is 45.4. The predicted molar refractivity (Wildman–Crippen MR) is 310 cm³/mol. The molecule has 0 radical (unpaired) electrons. The van der Waals surface area contributed by atoms with Gasteiger partial charge in [0.2, 0.25) is 6.79 Å². The Balaban J connectivity index is 0. The van der Waals surface area contributed by atoms with Gasteiger partial charge in [-0.1, -0.05) is 189 Å². The smallest absolute Gasteiger partial charge is 0.230 e. The molecule has 0 bridgehead atoms. The molecule has 3 N–H and O–H groups in total. The topological polar surface area (TPSA) is 97.6 Å². The summed E-state index contributed by atoms with van der Waals surface area (Å²) in [7, 11) is 1.62. The predicted octanol–water partition coefficient (Wildman–Crippen LogP) is 19.5. The van der Waals surface area contributed by atoms with Crippen LogP contribution in [0.5, 0.6) is 34.5 Å². The second kappa shape index (κ2) is 40.7. The third-order valence-corrected chi connectivity index (χ3v) is 12.1. The van der Waals surface area contributed by atoms with Crippen LogP contribution in [0.2, 0.25) is 0 Å². The summed E-state index contributed by atoms with van der Waals surface area (Å²) in [5, 5.41) is 28.3. The Morgan fingerprint density at radius 3 is 1.04 bits per heavy atom. The van der Waals surface area contributed by atoms with E-state index in [9.17, 15) is 5.11 Å². The van der Waals surface area contributed by atoms with Crippen molar-refractivity contribution < 1.29 is 34.3 Å². The Hall–Kier alpha value is -5.92. The molecule has 0 amide bonds. The van der Waals surface area contributed by atoms with E-state index >= 15 is 0 Å². The maximum absolute atomic E-state index is 10.3. The van der Waals surface area contributed by atoms with Crippen molar-refractivity contribution >= 4 is 0 Å². The van der Waals surface area contributed by atoms with Gasteiger partial charge in [0.05, 0.1) is 6.61 Å². The first-order valence-corrected chi connectivity index (χ1v) is 25.7. The molecule has 0 heterocycles. The van der Waals surface area contributed by atoms with E-state index in [1.165, 1.54) is 35.1 Å². The van der Waals surface area contributed by atoms with Crippen LogP contribution in [-0.4, -0.2) is 29.2 Å². The molecule has 6 aromatic rings. The van der Waals surface area contributed by atoms with E-state index in [0.717, 1.165) is 59.6 Å². The molecule has 7 nitrogen and oxygen atoms in total. The fourth-order valence-electron chi connectivity index (χ4n) is 6.49. The van der Waals surface area contributed by atoms with Gasteiger partial charge in [-0.05, 0) is 145 Å². The molecule has 6 rings (SSSR count). The largest absolute Gasteiger partial charge is 0.508 e. The molecule has 0 spiro atoms. The number of para-hydroxylation sites is 1. The molecule has 400 valence electrons. The summed E-state index contributed by atoms with van der Waals surface area (Å²) in [6, 6.07) is 44.8. The number of phenols is 3. The summed E-state index contributed by atoms with van der Waals surface area (Å²) in [5.74, 6) is 5.75. The van der Waals surface area contributed by atoms with Gasteiger partial charge in [-0.25, -0.2) is 0 Å². The van der Waals surface area contributed by atoms with Gasteiger partial charge in [0, 0.05) is 18.2 Å².